The molecule has 0 aliphatic carbocycles. The summed E-state index contributed by atoms with van der Waals surface area (Å²) in [6.45, 7) is 0.842. The molecule has 0 saturated heterocycles. The van der Waals surface area contributed by atoms with E-state index in [2.05, 4.69) is 23.2 Å². The number of alkyl halides is 2. The van der Waals surface area contributed by atoms with Gasteiger partial charge in [-0.05, 0) is 54.1 Å². The van der Waals surface area contributed by atoms with Crippen LogP contribution in [0.1, 0.15) is 23.1 Å². The predicted octanol–water partition coefficient (Wildman–Crippen LogP) is 6.10. The topological polar surface area (TPSA) is 9.23 Å². The molecule has 0 aliphatic rings. The van der Waals surface area contributed by atoms with E-state index in [1.807, 2.05) is 24.3 Å². The van der Waals surface area contributed by atoms with Gasteiger partial charge in [-0.15, -0.1) is 6.58 Å². The molecule has 0 fully saturated rings. The number of halogens is 3. The monoisotopic (exact) mass is 366 g/mol. The highest BCUT2D eigenvalue weighted by Crippen LogP contribution is 2.23. The van der Waals surface area contributed by atoms with Crippen molar-refractivity contribution in [1.29, 1.82) is 0 Å². The molecular weight excluding hydrogens is 349 g/mol. The summed E-state index contributed by atoms with van der Waals surface area (Å²) in [5.41, 5.74) is 2.00. The lowest BCUT2D eigenvalue weighted by molar-refractivity contribution is -0.0498. The van der Waals surface area contributed by atoms with E-state index in [1.54, 1.807) is 24.3 Å². The molecule has 4 heteroatoms. The van der Waals surface area contributed by atoms with E-state index >= 15 is 0 Å². The molecule has 0 heterocycles. The first-order valence-corrected chi connectivity index (χ1v) is 8.46. The number of fused-ring (bicyclic) bond motifs is 1. The molecular formula is C23H17F3O. The number of aryl methyl sites for hydroxylation is 1. The Bertz CT molecular complexity index is 1010. The predicted molar refractivity (Wildman–Crippen MR) is 101 cm³/mol. The van der Waals surface area contributed by atoms with Gasteiger partial charge < -0.3 is 4.74 Å². The van der Waals surface area contributed by atoms with Crippen LogP contribution in [0.25, 0.3) is 10.8 Å². The van der Waals surface area contributed by atoms with Gasteiger partial charge in [-0.2, -0.15) is 8.78 Å². The van der Waals surface area contributed by atoms with Crippen LogP contribution >= 0.6 is 0 Å². The maximum Gasteiger partial charge on any atom is 0.387 e. The highest BCUT2D eigenvalue weighted by atomic mass is 19.3. The van der Waals surface area contributed by atoms with Crippen molar-refractivity contribution in [3.05, 3.63) is 89.8 Å². The van der Waals surface area contributed by atoms with Gasteiger partial charge in [0, 0.05) is 10.9 Å². The maximum atomic E-state index is 14.7. The molecule has 136 valence electrons. The van der Waals surface area contributed by atoms with Gasteiger partial charge >= 0.3 is 6.61 Å². The van der Waals surface area contributed by atoms with Crippen molar-refractivity contribution in [2.45, 2.75) is 19.5 Å². The van der Waals surface area contributed by atoms with Gasteiger partial charge in [0.25, 0.3) is 0 Å². The number of hydrogen-bond donors (Lipinski definition) is 0. The minimum absolute atomic E-state index is 0.0553. The fraction of sp³-hybridized carbons (Fsp3) is 0.130. The summed E-state index contributed by atoms with van der Waals surface area (Å²) in [6, 6.07) is 15.1. The molecule has 0 radical (unpaired) electrons. The maximum absolute atomic E-state index is 14.7. The largest absolute Gasteiger partial charge is 0.435 e. The Balaban J connectivity index is 1.84. The summed E-state index contributed by atoms with van der Waals surface area (Å²) in [5.74, 6) is 5.33. The van der Waals surface area contributed by atoms with E-state index in [-0.39, 0.29) is 17.1 Å². The quantitative estimate of drug-likeness (QED) is 0.392. The van der Waals surface area contributed by atoms with E-state index in [9.17, 15) is 13.2 Å². The molecule has 0 N–H and O–H groups in total. The number of ether oxygens (including phenoxy) is 1. The van der Waals surface area contributed by atoms with E-state index in [0.29, 0.717) is 10.9 Å². The van der Waals surface area contributed by atoms with Crippen LogP contribution in [0.3, 0.4) is 0 Å². The van der Waals surface area contributed by atoms with Crippen LogP contribution in [-0.4, -0.2) is 6.61 Å². The molecule has 1 nitrogen and oxygen atoms in total. The van der Waals surface area contributed by atoms with Gasteiger partial charge in [0.05, 0.1) is 5.56 Å². The Morgan fingerprint density at radius 1 is 1.00 bits per heavy atom. The average Bonchev–Trinajstić information content (AvgIpc) is 2.66. The minimum atomic E-state index is -2.87. The summed E-state index contributed by atoms with van der Waals surface area (Å²) in [4.78, 5) is 0. The van der Waals surface area contributed by atoms with E-state index in [1.165, 1.54) is 12.1 Å². The average molecular weight is 366 g/mol. The fourth-order valence-corrected chi connectivity index (χ4v) is 2.72. The standard InChI is InChI=1S/C23H17F3O/c1-2-3-4-17-8-14-21-19(15-17)11-10-18(22(21)24)9-5-16-6-12-20(13-7-16)27-23(25)26/h2,6-8,10-15,23H,1,3-4H2. The first-order chi connectivity index (χ1) is 13.1. The molecule has 0 unspecified atom stereocenters. The van der Waals surface area contributed by atoms with Crippen molar-refractivity contribution in [2.24, 2.45) is 0 Å². The number of allylic oxidation sites excluding steroid dienone is 1. The molecule has 0 amide bonds. The molecule has 3 aromatic rings. The van der Waals surface area contributed by atoms with E-state index in [0.717, 1.165) is 23.8 Å². The highest BCUT2D eigenvalue weighted by Gasteiger charge is 2.07. The van der Waals surface area contributed by atoms with Gasteiger partial charge in [0.15, 0.2) is 0 Å². The van der Waals surface area contributed by atoms with Crippen molar-refractivity contribution in [3.63, 3.8) is 0 Å². The molecule has 0 spiro atoms. The number of rotatable bonds is 5. The van der Waals surface area contributed by atoms with Crippen LogP contribution in [0.2, 0.25) is 0 Å². The molecule has 0 aliphatic heterocycles. The summed E-state index contributed by atoms with van der Waals surface area (Å²) in [7, 11) is 0. The zero-order valence-corrected chi connectivity index (χ0v) is 14.5. The Morgan fingerprint density at radius 3 is 2.48 bits per heavy atom. The van der Waals surface area contributed by atoms with Gasteiger partial charge in [0.1, 0.15) is 11.6 Å². The first-order valence-electron chi connectivity index (χ1n) is 8.46. The number of benzene rings is 3. The molecule has 3 rings (SSSR count). The van der Waals surface area contributed by atoms with Crippen molar-refractivity contribution in [3.8, 4) is 17.6 Å². The minimum Gasteiger partial charge on any atom is -0.435 e. The molecule has 0 atom stereocenters. The Labute approximate surface area is 156 Å². The smallest absolute Gasteiger partial charge is 0.387 e. The second-order valence-corrected chi connectivity index (χ2v) is 5.96. The van der Waals surface area contributed by atoms with Gasteiger partial charge in [0.2, 0.25) is 0 Å². The summed E-state index contributed by atoms with van der Waals surface area (Å²) >= 11 is 0. The Morgan fingerprint density at radius 2 is 1.78 bits per heavy atom. The normalized spacial score (nSPS) is 10.5. The van der Waals surface area contributed by atoms with Crippen LogP contribution in [0.5, 0.6) is 5.75 Å². The van der Waals surface area contributed by atoms with Crippen molar-refractivity contribution < 1.29 is 17.9 Å². The van der Waals surface area contributed by atoms with Gasteiger partial charge in [-0.25, -0.2) is 4.39 Å². The van der Waals surface area contributed by atoms with Crippen LogP contribution in [0, 0.1) is 17.7 Å². The van der Waals surface area contributed by atoms with E-state index in [4.69, 9.17) is 0 Å². The van der Waals surface area contributed by atoms with Crippen LogP contribution in [-0.2, 0) is 6.42 Å². The lowest BCUT2D eigenvalue weighted by Gasteiger charge is -2.05. The van der Waals surface area contributed by atoms with Crippen molar-refractivity contribution in [1.82, 2.24) is 0 Å². The third-order valence-electron chi connectivity index (χ3n) is 4.08. The Hall–Kier alpha value is -3.19. The zero-order chi connectivity index (χ0) is 19.2. The SMILES string of the molecule is C=CCCc1ccc2c(F)c(C#Cc3ccc(OC(F)F)cc3)ccc2c1. The molecule has 3 aromatic carbocycles. The summed E-state index contributed by atoms with van der Waals surface area (Å²) < 4.78 is 43.3. The van der Waals surface area contributed by atoms with Crippen LogP contribution in [0.4, 0.5) is 13.2 Å². The lowest BCUT2D eigenvalue weighted by atomic mass is 10.0. The summed E-state index contributed by atoms with van der Waals surface area (Å²) in [6.07, 6.45) is 3.60. The second kappa shape index (κ2) is 8.46. The second-order valence-electron chi connectivity index (χ2n) is 5.96. The molecule has 0 aromatic heterocycles. The van der Waals surface area contributed by atoms with E-state index < -0.39 is 6.61 Å². The molecule has 0 bridgehead atoms. The fourth-order valence-electron chi connectivity index (χ4n) is 2.72. The zero-order valence-electron chi connectivity index (χ0n) is 14.5. The highest BCUT2D eigenvalue weighted by molar-refractivity contribution is 5.85. The molecule has 27 heavy (non-hydrogen) atoms. The number of hydrogen-bond acceptors (Lipinski definition) is 1. The van der Waals surface area contributed by atoms with Crippen LogP contribution in [0.15, 0.2) is 67.3 Å². The van der Waals surface area contributed by atoms with Gasteiger partial charge in [-0.1, -0.05) is 42.2 Å². The molecule has 0 saturated carbocycles. The third kappa shape index (κ3) is 4.71. The third-order valence-corrected chi connectivity index (χ3v) is 4.08. The first kappa shape index (κ1) is 18.6. The van der Waals surface area contributed by atoms with Crippen molar-refractivity contribution >= 4 is 10.8 Å². The Kier molecular flexibility index (Phi) is 5.83. The van der Waals surface area contributed by atoms with Gasteiger partial charge in [-0.3, -0.25) is 0 Å². The van der Waals surface area contributed by atoms with Crippen molar-refractivity contribution in [2.75, 3.05) is 0 Å². The van der Waals surface area contributed by atoms with Crippen LogP contribution < -0.4 is 4.74 Å². The lowest BCUT2D eigenvalue weighted by Crippen LogP contribution is -2.01. The summed E-state index contributed by atoms with van der Waals surface area (Å²) in [5, 5.41) is 1.35.